The highest BCUT2D eigenvalue weighted by Crippen LogP contribution is 2.48. The van der Waals surface area contributed by atoms with Crippen LogP contribution in [0.2, 0.25) is 0 Å². The van der Waals surface area contributed by atoms with Crippen LogP contribution in [0.15, 0.2) is 60.7 Å². The third-order valence-corrected chi connectivity index (χ3v) is 8.47. The van der Waals surface area contributed by atoms with Gasteiger partial charge in [-0.25, -0.2) is 0 Å². The van der Waals surface area contributed by atoms with E-state index in [1.807, 2.05) is 12.1 Å². The van der Waals surface area contributed by atoms with Crippen LogP contribution in [0.1, 0.15) is 0 Å². The maximum atomic E-state index is 6.69. The number of fused-ring (bicyclic) bond motifs is 6. The predicted octanol–water partition coefficient (Wildman–Crippen LogP) is 8.06. The molecule has 0 spiro atoms. The number of H-pyrrole nitrogens is 2. The molecule has 0 amide bonds. The number of para-hydroxylation sites is 2. The zero-order valence-corrected chi connectivity index (χ0v) is 15.7. The summed E-state index contributed by atoms with van der Waals surface area (Å²) >= 11 is 13.4. The molecule has 2 aromatic heterocycles. The molecule has 0 saturated heterocycles. The largest absolute Gasteiger partial charge is 0.333 e. The van der Waals surface area contributed by atoms with Crippen molar-refractivity contribution in [3.8, 4) is 0 Å². The fraction of sp³-hybridized carbons (Fsp3) is 0. The fourth-order valence-corrected chi connectivity index (χ4v) is 7.01. The van der Waals surface area contributed by atoms with Gasteiger partial charge in [-0.3, -0.25) is 0 Å². The predicted molar refractivity (Wildman–Crippen MR) is 111 cm³/mol. The van der Waals surface area contributed by atoms with Crippen molar-refractivity contribution < 1.29 is 0 Å². The fourth-order valence-electron chi connectivity index (χ4n) is 3.30. The van der Waals surface area contributed by atoms with Crippen LogP contribution in [0.3, 0.4) is 0 Å². The number of halogens is 2. The molecule has 0 radical (unpaired) electrons. The average molecular weight is 389 g/mol. The number of hydrogen-bond acceptors (Lipinski definition) is 0. The molecule has 2 N–H and O–H groups in total. The minimum atomic E-state index is -0.947. The van der Waals surface area contributed by atoms with Crippen molar-refractivity contribution in [2.45, 2.75) is 0 Å². The summed E-state index contributed by atoms with van der Waals surface area (Å²) in [6.45, 7) is 0. The molecule has 3 aromatic carbocycles. The molecule has 2 atom stereocenters. The van der Waals surface area contributed by atoms with Gasteiger partial charge in [-0.2, -0.15) is 0 Å². The monoisotopic (exact) mass is 388 g/mol. The van der Waals surface area contributed by atoms with Crippen molar-refractivity contribution in [3.05, 3.63) is 60.7 Å². The van der Waals surface area contributed by atoms with E-state index < -0.39 is 14.1 Å². The molecule has 0 aliphatic heterocycles. The molecule has 2 heterocycles. The molecular weight excluding hydrogens is 377 g/mol. The van der Waals surface area contributed by atoms with Gasteiger partial charge < -0.3 is 9.49 Å². The summed E-state index contributed by atoms with van der Waals surface area (Å²) in [5.74, 6) is 0. The van der Waals surface area contributed by atoms with Gasteiger partial charge in [-0.05, 0) is 57.5 Å². The lowest BCUT2D eigenvalue weighted by molar-refractivity contribution is 1.63. The highest BCUT2D eigenvalue weighted by Gasteiger charge is 2.11. The normalized spacial score (nSPS) is 13.2. The first kappa shape index (κ1) is 14.8. The lowest BCUT2D eigenvalue weighted by atomic mass is 10.1. The maximum absolute atomic E-state index is 6.69. The van der Waals surface area contributed by atoms with Crippen molar-refractivity contribution in [2.24, 2.45) is 0 Å². The van der Waals surface area contributed by atoms with Crippen LogP contribution in [-0.4, -0.2) is 9.49 Å². The van der Waals surface area contributed by atoms with E-state index in [9.17, 15) is 0 Å². The topological polar surface area (TPSA) is 31.6 Å². The Morgan fingerprint density at radius 1 is 0.583 bits per heavy atom. The number of hydrogen-bond donors (Lipinski definition) is 2. The Morgan fingerprint density at radius 2 is 1.00 bits per heavy atom. The summed E-state index contributed by atoms with van der Waals surface area (Å²) in [6, 6.07) is 21.0. The molecule has 2 unspecified atom stereocenters. The van der Waals surface area contributed by atoms with Gasteiger partial charge in [0.2, 0.25) is 0 Å². The van der Waals surface area contributed by atoms with E-state index in [4.69, 9.17) is 22.5 Å². The third kappa shape index (κ3) is 2.11. The van der Waals surface area contributed by atoms with E-state index in [0.29, 0.717) is 0 Å². The SMILES string of the molecule is Clp1[nH]c2ccccc2c2cc3c(cc21)c1ccccc1[nH]p3Cl. The van der Waals surface area contributed by atoms with Gasteiger partial charge in [-0.15, -0.1) is 0 Å². The van der Waals surface area contributed by atoms with Gasteiger partial charge in [0, 0.05) is 32.0 Å². The molecule has 6 heteroatoms. The first-order valence-electron chi connectivity index (χ1n) is 7.54. The molecule has 5 rings (SSSR count). The molecule has 0 aliphatic rings. The van der Waals surface area contributed by atoms with E-state index in [1.165, 1.54) is 31.8 Å². The summed E-state index contributed by atoms with van der Waals surface area (Å²) < 4.78 is 6.89. The zero-order valence-electron chi connectivity index (χ0n) is 12.4. The van der Waals surface area contributed by atoms with Crippen LogP contribution in [0.25, 0.3) is 42.8 Å². The van der Waals surface area contributed by atoms with Crippen molar-refractivity contribution in [1.82, 2.24) is 9.49 Å². The summed E-state index contributed by atoms with van der Waals surface area (Å²) in [5, 5.41) is 7.10. The minimum absolute atomic E-state index is 0.947. The Morgan fingerprint density at radius 3 is 1.46 bits per heavy atom. The molecule has 2 nitrogen and oxygen atoms in total. The highest BCUT2D eigenvalue weighted by atomic mass is 35.7. The van der Waals surface area contributed by atoms with E-state index in [0.717, 1.165) is 11.0 Å². The van der Waals surface area contributed by atoms with Crippen molar-refractivity contribution >= 4 is 79.4 Å². The Labute approximate surface area is 149 Å². The minimum Gasteiger partial charge on any atom is -0.333 e. The maximum Gasteiger partial charge on any atom is 0.0505 e. The van der Waals surface area contributed by atoms with Crippen molar-refractivity contribution in [3.63, 3.8) is 0 Å². The molecule has 5 aromatic rings. The van der Waals surface area contributed by atoms with Gasteiger partial charge >= 0.3 is 0 Å². The van der Waals surface area contributed by atoms with Crippen molar-refractivity contribution in [1.29, 1.82) is 0 Å². The number of aromatic nitrogens is 2. The second kappa shape index (κ2) is 5.48. The van der Waals surface area contributed by atoms with Gasteiger partial charge in [0.1, 0.15) is 0 Å². The Balaban J connectivity index is 2.08. The molecule has 0 aliphatic carbocycles. The van der Waals surface area contributed by atoms with E-state index in [1.54, 1.807) is 0 Å². The summed E-state index contributed by atoms with van der Waals surface area (Å²) in [5.41, 5.74) is 2.18. The van der Waals surface area contributed by atoms with Crippen LogP contribution in [0, 0.1) is 0 Å². The van der Waals surface area contributed by atoms with Crippen LogP contribution in [0.4, 0.5) is 0 Å². The van der Waals surface area contributed by atoms with Gasteiger partial charge in [0.05, 0.1) is 14.1 Å². The standard InChI is InChI=1S/C18H12Cl2N2P2/c19-23-17-10-14-12-6-2-4-8-16(12)22-24(20)18(14)9-13(17)11-5-1-3-7-15(11)21-23/h1-10,21-22H. The van der Waals surface area contributed by atoms with Crippen LogP contribution in [-0.2, 0) is 0 Å². The molecule has 24 heavy (non-hydrogen) atoms. The summed E-state index contributed by atoms with van der Waals surface area (Å²) in [6.07, 6.45) is 0. The lowest BCUT2D eigenvalue weighted by Gasteiger charge is -2.12. The number of rotatable bonds is 0. The third-order valence-electron chi connectivity index (χ3n) is 4.41. The summed E-state index contributed by atoms with van der Waals surface area (Å²) in [4.78, 5) is 0. The highest BCUT2D eigenvalue weighted by molar-refractivity contribution is 7.79. The van der Waals surface area contributed by atoms with E-state index in [2.05, 4.69) is 58.0 Å². The summed E-state index contributed by atoms with van der Waals surface area (Å²) in [7, 11) is -1.89. The van der Waals surface area contributed by atoms with Crippen LogP contribution in [0.5, 0.6) is 0 Å². The van der Waals surface area contributed by atoms with E-state index >= 15 is 0 Å². The molecule has 0 fully saturated rings. The van der Waals surface area contributed by atoms with Crippen LogP contribution < -0.4 is 0 Å². The van der Waals surface area contributed by atoms with Gasteiger partial charge in [0.25, 0.3) is 0 Å². The lowest BCUT2D eigenvalue weighted by Crippen LogP contribution is -1.83. The quantitative estimate of drug-likeness (QED) is 0.198. The number of nitrogens with one attached hydrogen (secondary N) is 2. The molecule has 0 saturated carbocycles. The second-order valence-electron chi connectivity index (χ2n) is 5.76. The van der Waals surface area contributed by atoms with Gasteiger partial charge in [-0.1, -0.05) is 36.4 Å². The Hall–Kier alpha value is -1.56. The Kier molecular flexibility index (Phi) is 3.37. The number of aromatic amines is 2. The number of benzene rings is 3. The van der Waals surface area contributed by atoms with E-state index in [-0.39, 0.29) is 0 Å². The Bertz CT molecular complexity index is 1190. The zero-order chi connectivity index (χ0) is 16.3. The first-order chi connectivity index (χ1) is 11.7. The first-order valence-corrected chi connectivity index (χ1v) is 12.0. The molecule has 0 bridgehead atoms. The van der Waals surface area contributed by atoms with Gasteiger partial charge in [0.15, 0.2) is 0 Å². The van der Waals surface area contributed by atoms with Crippen molar-refractivity contribution in [2.75, 3.05) is 0 Å². The smallest absolute Gasteiger partial charge is 0.0505 e. The molecule has 118 valence electrons. The average Bonchev–Trinajstić information content (AvgIpc) is 2.61. The second-order valence-corrected chi connectivity index (χ2v) is 10.3. The molecular formula is C18H12Cl2N2P2. The van der Waals surface area contributed by atoms with Crippen LogP contribution >= 0.6 is 36.6 Å².